The van der Waals surface area contributed by atoms with Gasteiger partial charge in [-0.15, -0.1) is 10.6 Å². The molecule has 0 radical (unpaired) electrons. The number of thioether (sulfide) groups is 1. The summed E-state index contributed by atoms with van der Waals surface area (Å²) in [5.41, 5.74) is 4.80. The summed E-state index contributed by atoms with van der Waals surface area (Å²) in [7, 11) is -4.02. The molecular formula is C3H8N4O3S2. The number of hydrazone groups is 1. The molecule has 0 aromatic rings. The summed E-state index contributed by atoms with van der Waals surface area (Å²) in [4.78, 5) is 0. The molecule has 7 nitrogen and oxygen atoms in total. The highest BCUT2D eigenvalue weighted by Crippen LogP contribution is 2.06. The second-order valence-corrected chi connectivity index (χ2v) is 4.16. The van der Waals surface area contributed by atoms with Gasteiger partial charge in [-0.2, -0.15) is 8.42 Å². The molecule has 0 unspecified atom stereocenters. The number of hydrazine groups is 2. The van der Waals surface area contributed by atoms with Crippen LogP contribution in [0.15, 0.2) is 5.10 Å². The fourth-order valence-electron chi connectivity index (χ4n) is 0.648. The van der Waals surface area contributed by atoms with Crippen molar-refractivity contribution >= 4 is 27.0 Å². The summed E-state index contributed by atoms with van der Waals surface area (Å²) in [5.74, 6) is -0.528. The van der Waals surface area contributed by atoms with Gasteiger partial charge in [0.25, 0.3) is 10.1 Å². The monoisotopic (exact) mass is 212 g/mol. The molecule has 1 aliphatic heterocycles. The van der Waals surface area contributed by atoms with E-state index >= 15 is 0 Å². The lowest BCUT2D eigenvalue weighted by Crippen LogP contribution is -2.42. The van der Waals surface area contributed by atoms with Crippen LogP contribution in [0.3, 0.4) is 0 Å². The van der Waals surface area contributed by atoms with Gasteiger partial charge in [0, 0.05) is 0 Å². The third-order valence-corrected chi connectivity index (χ3v) is 2.30. The van der Waals surface area contributed by atoms with Crippen molar-refractivity contribution in [3.63, 3.8) is 0 Å². The summed E-state index contributed by atoms with van der Waals surface area (Å²) < 4.78 is 29.4. The number of hydrogen-bond acceptors (Lipinski definition) is 7. The standard InChI is InChI=1S/C3H8N4O3S2/c1-11-3-4-5-6-7(3)2-12(8,9)10/h5-6H,2H2,1H3,(H,8,9,10). The molecule has 0 spiro atoms. The molecule has 0 bridgehead atoms. The van der Waals surface area contributed by atoms with Crippen LogP contribution in [0, 0.1) is 0 Å². The quantitative estimate of drug-likeness (QED) is 0.494. The van der Waals surface area contributed by atoms with Crippen molar-refractivity contribution in [1.29, 1.82) is 0 Å². The van der Waals surface area contributed by atoms with E-state index in [0.29, 0.717) is 5.17 Å². The number of nitrogens with one attached hydrogen (secondary N) is 2. The van der Waals surface area contributed by atoms with Crippen molar-refractivity contribution in [3.05, 3.63) is 0 Å². The van der Waals surface area contributed by atoms with Crippen LogP contribution in [0.25, 0.3) is 0 Å². The van der Waals surface area contributed by atoms with Crippen LogP contribution in [0.1, 0.15) is 0 Å². The minimum absolute atomic E-state index is 0.452. The van der Waals surface area contributed by atoms with Gasteiger partial charge in [-0.3, -0.25) is 4.55 Å². The maximum atomic E-state index is 10.4. The first-order chi connectivity index (χ1) is 5.53. The highest BCUT2D eigenvalue weighted by molar-refractivity contribution is 8.13. The topological polar surface area (TPSA) is 94.0 Å². The molecule has 0 aliphatic carbocycles. The van der Waals surface area contributed by atoms with Gasteiger partial charge in [-0.05, 0) is 6.26 Å². The molecule has 0 saturated carbocycles. The Hall–Kier alpha value is -0.510. The zero-order valence-corrected chi connectivity index (χ0v) is 7.81. The van der Waals surface area contributed by atoms with Crippen LogP contribution in [0.5, 0.6) is 0 Å². The van der Waals surface area contributed by atoms with Gasteiger partial charge in [0.15, 0.2) is 5.88 Å². The second-order valence-electron chi connectivity index (χ2n) is 1.96. The van der Waals surface area contributed by atoms with Gasteiger partial charge in [-0.1, -0.05) is 11.8 Å². The maximum absolute atomic E-state index is 10.4. The minimum atomic E-state index is -4.02. The lowest BCUT2D eigenvalue weighted by Gasteiger charge is -2.14. The molecule has 0 atom stereocenters. The Morgan fingerprint density at radius 2 is 2.42 bits per heavy atom. The molecule has 70 valence electrons. The summed E-state index contributed by atoms with van der Waals surface area (Å²) in [6.07, 6.45) is 1.74. The predicted octanol–water partition coefficient (Wildman–Crippen LogP) is -1.21. The number of amidine groups is 1. The van der Waals surface area contributed by atoms with Gasteiger partial charge < -0.3 is 0 Å². The molecule has 3 N–H and O–H groups in total. The number of nitrogens with zero attached hydrogens (tertiary/aromatic N) is 2. The Balaban J connectivity index is 2.61. The molecule has 0 amide bonds. The number of rotatable bonds is 2. The first-order valence-electron chi connectivity index (χ1n) is 2.88. The van der Waals surface area contributed by atoms with Gasteiger partial charge in [0.05, 0.1) is 0 Å². The van der Waals surface area contributed by atoms with Crippen molar-refractivity contribution in [3.8, 4) is 0 Å². The fourth-order valence-corrected chi connectivity index (χ4v) is 1.71. The molecule has 1 aliphatic rings. The Labute approximate surface area is 73.9 Å². The highest BCUT2D eigenvalue weighted by Gasteiger charge is 2.20. The summed E-state index contributed by atoms with van der Waals surface area (Å²) in [6.45, 7) is 0. The molecule has 0 saturated heterocycles. The Morgan fingerprint density at radius 1 is 1.75 bits per heavy atom. The van der Waals surface area contributed by atoms with Crippen molar-refractivity contribution in [2.24, 2.45) is 5.10 Å². The van der Waals surface area contributed by atoms with Crippen LogP contribution in [-0.4, -0.2) is 35.3 Å². The van der Waals surface area contributed by atoms with E-state index < -0.39 is 16.0 Å². The predicted molar refractivity (Wildman–Crippen MR) is 45.5 cm³/mol. The smallest absolute Gasteiger partial charge is 0.284 e. The fraction of sp³-hybridized carbons (Fsp3) is 0.667. The van der Waals surface area contributed by atoms with E-state index in [0.717, 1.165) is 0 Å². The molecule has 0 fully saturated rings. The van der Waals surface area contributed by atoms with Crippen molar-refractivity contribution in [1.82, 2.24) is 16.1 Å². The van der Waals surface area contributed by atoms with Crippen LogP contribution in [0.4, 0.5) is 0 Å². The minimum Gasteiger partial charge on any atom is -0.284 e. The molecule has 1 rings (SSSR count). The van der Waals surface area contributed by atoms with Crippen LogP contribution in [-0.2, 0) is 10.1 Å². The first-order valence-corrected chi connectivity index (χ1v) is 5.71. The average Bonchev–Trinajstić information content (AvgIpc) is 2.31. The second kappa shape index (κ2) is 3.47. The Bertz CT molecular complexity index is 286. The highest BCUT2D eigenvalue weighted by atomic mass is 32.2. The van der Waals surface area contributed by atoms with E-state index in [-0.39, 0.29) is 0 Å². The maximum Gasteiger partial charge on any atom is 0.285 e. The van der Waals surface area contributed by atoms with Crippen molar-refractivity contribution in [2.45, 2.75) is 0 Å². The van der Waals surface area contributed by atoms with Crippen LogP contribution >= 0.6 is 11.8 Å². The van der Waals surface area contributed by atoms with Crippen molar-refractivity contribution < 1.29 is 13.0 Å². The third kappa shape index (κ3) is 2.52. The number of hydrogen-bond donors (Lipinski definition) is 3. The first kappa shape index (κ1) is 9.58. The van der Waals surface area contributed by atoms with E-state index in [4.69, 9.17) is 4.55 Å². The van der Waals surface area contributed by atoms with Gasteiger partial charge in [0.1, 0.15) is 0 Å². The molecule has 12 heavy (non-hydrogen) atoms. The van der Waals surface area contributed by atoms with Crippen LogP contribution in [0.2, 0.25) is 0 Å². The van der Waals surface area contributed by atoms with E-state index in [9.17, 15) is 8.42 Å². The third-order valence-electron chi connectivity index (χ3n) is 1.04. The zero-order chi connectivity index (χ0) is 9.19. The Kier molecular flexibility index (Phi) is 2.77. The summed E-state index contributed by atoms with van der Waals surface area (Å²) in [5, 5.41) is 5.32. The van der Waals surface area contributed by atoms with Crippen LogP contribution < -0.4 is 11.1 Å². The van der Waals surface area contributed by atoms with Crippen molar-refractivity contribution in [2.75, 3.05) is 12.1 Å². The molecule has 0 aromatic carbocycles. The van der Waals surface area contributed by atoms with E-state index in [1.54, 1.807) is 6.26 Å². The van der Waals surface area contributed by atoms with E-state index in [2.05, 4.69) is 16.2 Å². The Morgan fingerprint density at radius 3 is 2.92 bits per heavy atom. The van der Waals surface area contributed by atoms with Gasteiger partial charge in [-0.25, -0.2) is 10.5 Å². The lowest BCUT2D eigenvalue weighted by atomic mass is 11.1. The average molecular weight is 212 g/mol. The normalized spacial score (nSPS) is 17.5. The lowest BCUT2D eigenvalue weighted by molar-refractivity contribution is 0.323. The van der Waals surface area contributed by atoms with E-state index in [1.807, 2.05) is 0 Å². The zero-order valence-electron chi connectivity index (χ0n) is 6.18. The summed E-state index contributed by atoms with van der Waals surface area (Å²) >= 11 is 1.26. The van der Waals surface area contributed by atoms with E-state index in [1.165, 1.54) is 16.8 Å². The molecule has 9 heteroatoms. The van der Waals surface area contributed by atoms with Gasteiger partial charge >= 0.3 is 0 Å². The summed E-state index contributed by atoms with van der Waals surface area (Å²) in [6, 6.07) is 0. The molecule has 1 heterocycles. The van der Waals surface area contributed by atoms with Gasteiger partial charge in [0.2, 0.25) is 5.17 Å². The largest absolute Gasteiger partial charge is 0.285 e. The molecule has 0 aromatic heterocycles. The molecular weight excluding hydrogens is 204 g/mol. The SMILES string of the molecule is CSC1=NNNN1CS(=O)(=O)O.